The Hall–Kier alpha value is -2.43. The van der Waals surface area contributed by atoms with Gasteiger partial charge in [0.25, 0.3) is 0 Å². The van der Waals surface area contributed by atoms with Gasteiger partial charge in [0.2, 0.25) is 5.91 Å². The van der Waals surface area contributed by atoms with Gasteiger partial charge in [-0.15, -0.1) is 0 Å². The number of hydrogen-bond donors (Lipinski definition) is 1. The zero-order valence-electron chi connectivity index (χ0n) is 16.1. The van der Waals surface area contributed by atoms with Crippen LogP contribution in [0.5, 0.6) is 0 Å². The molecule has 1 N–H and O–H groups in total. The maximum absolute atomic E-state index is 12.1. The van der Waals surface area contributed by atoms with Crippen molar-refractivity contribution in [1.29, 1.82) is 0 Å². The van der Waals surface area contributed by atoms with Gasteiger partial charge in [0.1, 0.15) is 0 Å². The van der Waals surface area contributed by atoms with E-state index in [0.29, 0.717) is 6.42 Å². The van der Waals surface area contributed by atoms with E-state index in [1.54, 1.807) is 0 Å². The highest BCUT2D eigenvalue weighted by molar-refractivity contribution is 5.90. The highest BCUT2D eigenvalue weighted by Crippen LogP contribution is 2.10. The minimum absolute atomic E-state index is 0.0915. The second kappa shape index (κ2) is 10.0. The minimum Gasteiger partial charge on any atom is -0.326 e. The van der Waals surface area contributed by atoms with E-state index in [1.807, 2.05) is 37.3 Å². The monoisotopic (exact) mass is 363 g/mol. The summed E-state index contributed by atoms with van der Waals surface area (Å²) in [6.07, 6.45) is 4.96. The molecule has 1 amide bonds. The van der Waals surface area contributed by atoms with E-state index in [9.17, 15) is 4.79 Å². The lowest BCUT2D eigenvalue weighted by molar-refractivity contribution is -0.116. The first-order valence-corrected chi connectivity index (χ1v) is 9.72. The number of nitrogens with one attached hydrogen (secondary N) is 1. The lowest BCUT2D eigenvalue weighted by atomic mass is 10.2. The third kappa shape index (κ3) is 6.66. The molecule has 1 heterocycles. The molecule has 4 nitrogen and oxygen atoms in total. The van der Waals surface area contributed by atoms with Crippen molar-refractivity contribution in [2.45, 2.75) is 13.3 Å². The molecule has 0 aliphatic carbocycles. The number of piperazine rings is 1. The number of benzene rings is 2. The smallest absolute Gasteiger partial charge is 0.225 e. The Kier molecular flexibility index (Phi) is 7.19. The second-order valence-electron chi connectivity index (χ2n) is 7.12. The van der Waals surface area contributed by atoms with Gasteiger partial charge in [-0.05, 0) is 30.2 Å². The topological polar surface area (TPSA) is 35.6 Å². The molecule has 4 heteroatoms. The van der Waals surface area contributed by atoms with Gasteiger partial charge in [-0.2, -0.15) is 0 Å². The molecule has 0 spiro atoms. The number of aryl methyl sites for hydroxylation is 1. The van der Waals surface area contributed by atoms with E-state index in [4.69, 9.17) is 0 Å². The van der Waals surface area contributed by atoms with E-state index in [1.165, 1.54) is 5.56 Å². The maximum atomic E-state index is 12.1. The minimum atomic E-state index is 0.0915. The summed E-state index contributed by atoms with van der Waals surface area (Å²) in [6, 6.07) is 18.3. The van der Waals surface area contributed by atoms with Gasteiger partial charge in [0.05, 0.1) is 0 Å². The van der Waals surface area contributed by atoms with Crippen LogP contribution < -0.4 is 5.32 Å². The highest BCUT2D eigenvalue weighted by atomic mass is 16.1. The average molecular weight is 364 g/mol. The summed E-state index contributed by atoms with van der Waals surface area (Å²) in [6.45, 7) is 8.00. The van der Waals surface area contributed by atoms with Crippen LogP contribution in [-0.4, -0.2) is 55.0 Å². The highest BCUT2D eigenvalue weighted by Gasteiger charge is 2.16. The lowest BCUT2D eigenvalue weighted by Gasteiger charge is -2.34. The fourth-order valence-corrected chi connectivity index (χ4v) is 3.30. The molecule has 0 atom stereocenters. The van der Waals surface area contributed by atoms with Crippen LogP contribution in [0.25, 0.3) is 6.08 Å². The zero-order valence-corrected chi connectivity index (χ0v) is 16.1. The third-order valence-corrected chi connectivity index (χ3v) is 4.90. The van der Waals surface area contributed by atoms with Crippen LogP contribution in [0.4, 0.5) is 5.69 Å². The van der Waals surface area contributed by atoms with Crippen molar-refractivity contribution in [1.82, 2.24) is 9.80 Å². The van der Waals surface area contributed by atoms with Crippen LogP contribution in [0, 0.1) is 6.92 Å². The SMILES string of the molecule is Cc1cccc(NC(=O)CCN2CCN(CC=Cc3ccccc3)CC2)c1. The number of amides is 1. The quantitative estimate of drug-likeness (QED) is 0.815. The molecule has 142 valence electrons. The van der Waals surface area contributed by atoms with E-state index < -0.39 is 0 Å². The fourth-order valence-electron chi connectivity index (χ4n) is 3.30. The summed E-state index contributed by atoms with van der Waals surface area (Å²) in [5.74, 6) is 0.0915. The van der Waals surface area contributed by atoms with Crippen LogP contribution in [-0.2, 0) is 4.79 Å². The molecule has 3 rings (SSSR count). The van der Waals surface area contributed by atoms with Crippen LogP contribution in [0.3, 0.4) is 0 Å². The number of hydrogen-bond acceptors (Lipinski definition) is 3. The predicted octanol–water partition coefficient (Wildman–Crippen LogP) is 3.65. The van der Waals surface area contributed by atoms with Crippen molar-refractivity contribution >= 4 is 17.7 Å². The van der Waals surface area contributed by atoms with Crippen molar-refractivity contribution in [2.75, 3.05) is 44.6 Å². The lowest BCUT2D eigenvalue weighted by Crippen LogP contribution is -2.46. The van der Waals surface area contributed by atoms with Crippen LogP contribution >= 0.6 is 0 Å². The molecule has 0 radical (unpaired) electrons. The van der Waals surface area contributed by atoms with E-state index >= 15 is 0 Å². The number of rotatable bonds is 7. The molecule has 1 fully saturated rings. The average Bonchev–Trinajstić information content (AvgIpc) is 2.68. The summed E-state index contributed by atoms with van der Waals surface area (Å²) in [5.41, 5.74) is 3.29. The summed E-state index contributed by atoms with van der Waals surface area (Å²) in [7, 11) is 0. The molecule has 1 aliphatic heterocycles. The Balaban J connectivity index is 1.33. The summed E-state index contributed by atoms with van der Waals surface area (Å²) in [5, 5.41) is 2.99. The van der Waals surface area contributed by atoms with Gasteiger partial charge < -0.3 is 10.2 Å². The standard InChI is InChI=1S/C23H29N3O/c1-20-7-5-11-22(19-20)24-23(27)12-14-26-17-15-25(16-18-26)13-6-10-21-8-3-2-4-9-21/h2-11,19H,12-18H2,1H3,(H,24,27). The number of anilines is 1. The van der Waals surface area contributed by atoms with Gasteiger partial charge in [-0.25, -0.2) is 0 Å². The summed E-state index contributed by atoms with van der Waals surface area (Å²) >= 11 is 0. The Morgan fingerprint density at radius 3 is 2.48 bits per heavy atom. The third-order valence-electron chi connectivity index (χ3n) is 4.90. The Morgan fingerprint density at radius 1 is 1.00 bits per heavy atom. The molecule has 0 aromatic heterocycles. The van der Waals surface area contributed by atoms with Gasteiger partial charge in [-0.1, -0.05) is 54.6 Å². The summed E-state index contributed by atoms with van der Waals surface area (Å²) in [4.78, 5) is 17.0. The fraction of sp³-hybridized carbons (Fsp3) is 0.348. The molecule has 0 unspecified atom stereocenters. The number of carbonyl (C=O) groups excluding carboxylic acids is 1. The normalized spacial score (nSPS) is 15.9. The molecule has 1 saturated heterocycles. The molecule has 27 heavy (non-hydrogen) atoms. The van der Waals surface area contributed by atoms with Crippen molar-refractivity contribution in [3.63, 3.8) is 0 Å². The maximum Gasteiger partial charge on any atom is 0.225 e. The van der Waals surface area contributed by atoms with Crippen molar-refractivity contribution in [3.05, 3.63) is 71.8 Å². The van der Waals surface area contributed by atoms with Gasteiger partial charge in [-0.3, -0.25) is 9.69 Å². The van der Waals surface area contributed by atoms with Crippen LogP contribution in [0.1, 0.15) is 17.5 Å². The second-order valence-corrected chi connectivity index (χ2v) is 7.12. The first kappa shape index (κ1) is 19.3. The molecule has 2 aromatic carbocycles. The van der Waals surface area contributed by atoms with Crippen LogP contribution in [0.2, 0.25) is 0 Å². The first-order chi connectivity index (χ1) is 13.2. The zero-order chi connectivity index (χ0) is 18.9. The largest absolute Gasteiger partial charge is 0.326 e. The van der Waals surface area contributed by atoms with E-state index in [-0.39, 0.29) is 5.91 Å². The van der Waals surface area contributed by atoms with E-state index in [0.717, 1.165) is 50.5 Å². The van der Waals surface area contributed by atoms with Crippen molar-refractivity contribution in [2.24, 2.45) is 0 Å². The Labute approximate surface area is 162 Å². The number of nitrogens with zero attached hydrogens (tertiary/aromatic N) is 2. The van der Waals surface area contributed by atoms with E-state index in [2.05, 4.69) is 51.5 Å². The molecule has 0 bridgehead atoms. The Morgan fingerprint density at radius 2 is 1.74 bits per heavy atom. The summed E-state index contributed by atoms with van der Waals surface area (Å²) < 4.78 is 0. The molecular formula is C23H29N3O. The molecule has 2 aromatic rings. The van der Waals surface area contributed by atoms with Gasteiger partial charge in [0, 0.05) is 51.4 Å². The van der Waals surface area contributed by atoms with Crippen molar-refractivity contribution in [3.8, 4) is 0 Å². The number of carbonyl (C=O) groups is 1. The predicted molar refractivity (Wildman–Crippen MR) is 113 cm³/mol. The van der Waals surface area contributed by atoms with Crippen molar-refractivity contribution < 1.29 is 4.79 Å². The van der Waals surface area contributed by atoms with Gasteiger partial charge in [0.15, 0.2) is 0 Å². The molecule has 0 saturated carbocycles. The Bertz CT molecular complexity index is 749. The first-order valence-electron chi connectivity index (χ1n) is 9.72. The molecular weight excluding hydrogens is 334 g/mol. The van der Waals surface area contributed by atoms with Crippen LogP contribution in [0.15, 0.2) is 60.7 Å². The molecule has 1 aliphatic rings. The van der Waals surface area contributed by atoms with Gasteiger partial charge >= 0.3 is 0 Å².